The molecule has 1 atom stereocenters. The number of halogens is 2. The number of hydrogen-bond acceptors (Lipinski definition) is 3. The molecule has 0 radical (unpaired) electrons. The van der Waals surface area contributed by atoms with Gasteiger partial charge in [-0.2, -0.15) is 0 Å². The summed E-state index contributed by atoms with van der Waals surface area (Å²) in [5.74, 6) is 1.29. The minimum atomic E-state index is -2.87. The van der Waals surface area contributed by atoms with E-state index < -0.39 is 9.84 Å². The maximum absolute atomic E-state index is 11.6. The van der Waals surface area contributed by atoms with Gasteiger partial charge < -0.3 is 4.57 Å². The molecule has 3 rings (SSSR count). The second-order valence-electron chi connectivity index (χ2n) is 5.47. The fourth-order valence-corrected chi connectivity index (χ4v) is 4.86. The number of rotatable bonds is 2. The number of hydrogen-bond donors (Lipinski definition) is 0. The van der Waals surface area contributed by atoms with Crippen molar-refractivity contribution in [2.24, 2.45) is 0 Å². The normalized spacial score (nSPS) is 20.7. The van der Waals surface area contributed by atoms with Crippen molar-refractivity contribution in [3.05, 3.63) is 28.5 Å². The Labute approximate surface area is 137 Å². The molecule has 0 bridgehead atoms. The number of sulfone groups is 1. The third kappa shape index (κ3) is 2.98. The first-order valence-corrected chi connectivity index (χ1v) is 9.94. The molecule has 1 aliphatic heterocycles. The Balaban J connectivity index is 2.10. The molecule has 1 fully saturated rings. The van der Waals surface area contributed by atoms with Crippen molar-refractivity contribution in [2.45, 2.75) is 31.2 Å². The van der Waals surface area contributed by atoms with Crippen molar-refractivity contribution in [1.82, 2.24) is 9.55 Å². The zero-order valence-corrected chi connectivity index (χ0v) is 14.7. The van der Waals surface area contributed by atoms with Crippen LogP contribution in [0.2, 0.25) is 0 Å². The highest BCUT2D eigenvalue weighted by Gasteiger charge is 2.28. The van der Waals surface area contributed by atoms with Crippen LogP contribution in [0.4, 0.5) is 0 Å². The minimum Gasteiger partial charge on any atom is -0.324 e. The van der Waals surface area contributed by atoms with Crippen LogP contribution >= 0.6 is 27.5 Å². The van der Waals surface area contributed by atoms with Crippen LogP contribution < -0.4 is 0 Å². The van der Waals surface area contributed by atoms with Crippen molar-refractivity contribution in [3.63, 3.8) is 0 Å². The van der Waals surface area contributed by atoms with E-state index in [1.54, 1.807) is 0 Å². The fraction of sp³-hybridized carbons (Fsp3) is 0.500. The summed E-state index contributed by atoms with van der Waals surface area (Å²) in [7, 11) is -2.87. The number of benzene rings is 1. The lowest BCUT2D eigenvalue weighted by Crippen LogP contribution is -2.26. The van der Waals surface area contributed by atoms with E-state index in [0.29, 0.717) is 12.8 Å². The van der Waals surface area contributed by atoms with Crippen LogP contribution in [0.15, 0.2) is 22.7 Å². The zero-order chi connectivity index (χ0) is 15.2. The summed E-state index contributed by atoms with van der Waals surface area (Å²) in [6, 6.07) is 6.10. The lowest BCUT2D eigenvalue weighted by molar-refractivity contribution is 0.446. The Hall–Kier alpha value is -0.590. The van der Waals surface area contributed by atoms with Gasteiger partial charge >= 0.3 is 0 Å². The third-order valence-electron chi connectivity index (χ3n) is 3.92. The van der Waals surface area contributed by atoms with Gasteiger partial charge in [0.1, 0.15) is 15.7 Å². The number of imidazole rings is 1. The molecule has 114 valence electrons. The van der Waals surface area contributed by atoms with Crippen molar-refractivity contribution >= 4 is 48.4 Å². The van der Waals surface area contributed by atoms with Crippen LogP contribution in [-0.4, -0.2) is 29.5 Å². The SMILES string of the molecule is CC(Cl)c1nc2cc(Br)ccc2n1C1CCS(=O)(=O)CC1. The molecule has 7 heteroatoms. The molecule has 0 N–H and O–H groups in total. The predicted octanol–water partition coefficient (Wildman–Crippen LogP) is 3.85. The Morgan fingerprint density at radius 3 is 2.67 bits per heavy atom. The second kappa shape index (κ2) is 5.56. The molecule has 2 heterocycles. The van der Waals surface area contributed by atoms with Gasteiger partial charge in [0.15, 0.2) is 0 Å². The second-order valence-corrected chi connectivity index (χ2v) is 9.35. The molecule has 4 nitrogen and oxygen atoms in total. The van der Waals surface area contributed by atoms with Gasteiger partial charge in [0.2, 0.25) is 0 Å². The van der Waals surface area contributed by atoms with Gasteiger partial charge in [-0.3, -0.25) is 0 Å². The molecule has 0 amide bonds. The number of aromatic nitrogens is 2. The maximum atomic E-state index is 11.6. The molecule has 1 aliphatic rings. The molecule has 21 heavy (non-hydrogen) atoms. The van der Waals surface area contributed by atoms with E-state index in [1.807, 2.05) is 25.1 Å². The highest BCUT2D eigenvalue weighted by molar-refractivity contribution is 9.10. The van der Waals surface area contributed by atoms with Gasteiger partial charge in [-0.05, 0) is 38.0 Å². The summed E-state index contributed by atoms with van der Waals surface area (Å²) in [5.41, 5.74) is 1.91. The van der Waals surface area contributed by atoms with Crippen molar-refractivity contribution in [3.8, 4) is 0 Å². The van der Waals surface area contributed by atoms with E-state index in [4.69, 9.17) is 11.6 Å². The van der Waals surface area contributed by atoms with Crippen LogP contribution in [0, 0.1) is 0 Å². The van der Waals surface area contributed by atoms with E-state index in [0.717, 1.165) is 21.3 Å². The Morgan fingerprint density at radius 2 is 2.05 bits per heavy atom. The van der Waals surface area contributed by atoms with E-state index in [2.05, 4.69) is 25.5 Å². The monoisotopic (exact) mass is 390 g/mol. The average molecular weight is 392 g/mol. The summed E-state index contributed by atoms with van der Waals surface area (Å²) >= 11 is 9.73. The maximum Gasteiger partial charge on any atom is 0.150 e. The smallest absolute Gasteiger partial charge is 0.150 e. The Bertz CT molecular complexity index is 772. The fourth-order valence-electron chi connectivity index (χ4n) is 2.89. The lowest BCUT2D eigenvalue weighted by Gasteiger charge is -2.26. The van der Waals surface area contributed by atoms with Crippen LogP contribution in [0.3, 0.4) is 0 Å². The highest BCUT2D eigenvalue weighted by Crippen LogP contribution is 2.34. The molecular weight excluding hydrogens is 376 g/mol. The van der Waals surface area contributed by atoms with Crippen molar-refractivity contribution in [2.75, 3.05) is 11.5 Å². The minimum absolute atomic E-state index is 0.149. The first-order chi connectivity index (χ1) is 9.87. The summed E-state index contributed by atoms with van der Waals surface area (Å²) in [6.45, 7) is 1.90. The topological polar surface area (TPSA) is 52.0 Å². The first kappa shape index (κ1) is 15.3. The third-order valence-corrected chi connectivity index (χ3v) is 6.33. The molecule has 0 aliphatic carbocycles. The van der Waals surface area contributed by atoms with Crippen molar-refractivity contribution in [1.29, 1.82) is 0 Å². The predicted molar refractivity (Wildman–Crippen MR) is 88.6 cm³/mol. The van der Waals surface area contributed by atoms with Crippen LogP contribution in [0.5, 0.6) is 0 Å². The van der Waals surface area contributed by atoms with E-state index in [1.165, 1.54) is 0 Å². The standard InChI is InChI=1S/C14H16BrClN2O2S/c1-9(16)14-17-12-8-10(15)2-3-13(12)18(14)11-4-6-21(19,20)7-5-11/h2-3,8-9,11H,4-7H2,1H3. The summed E-state index contributed by atoms with van der Waals surface area (Å²) in [6.07, 6.45) is 1.25. The highest BCUT2D eigenvalue weighted by atomic mass is 79.9. The molecule has 1 aromatic carbocycles. The average Bonchev–Trinajstić information content (AvgIpc) is 2.77. The van der Waals surface area contributed by atoms with E-state index >= 15 is 0 Å². The van der Waals surface area contributed by atoms with E-state index in [9.17, 15) is 8.42 Å². The van der Waals surface area contributed by atoms with Crippen LogP contribution in [-0.2, 0) is 9.84 Å². The number of alkyl halides is 1. The summed E-state index contributed by atoms with van der Waals surface area (Å²) in [5, 5.41) is -0.213. The molecule has 1 aromatic heterocycles. The van der Waals surface area contributed by atoms with E-state index in [-0.39, 0.29) is 22.9 Å². The summed E-state index contributed by atoms with van der Waals surface area (Å²) < 4.78 is 26.4. The van der Waals surface area contributed by atoms with Gasteiger partial charge in [-0.1, -0.05) is 15.9 Å². The largest absolute Gasteiger partial charge is 0.324 e. The van der Waals surface area contributed by atoms with Crippen molar-refractivity contribution < 1.29 is 8.42 Å². The molecule has 1 saturated heterocycles. The quantitative estimate of drug-likeness (QED) is 0.731. The molecule has 0 saturated carbocycles. The Kier molecular flexibility index (Phi) is 4.05. The molecule has 2 aromatic rings. The van der Waals surface area contributed by atoms with Gasteiger partial charge in [0.25, 0.3) is 0 Å². The summed E-state index contributed by atoms with van der Waals surface area (Å²) in [4.78, 5) is 4.64. The zero-order valence-electron chi connectivity index (χ0n) is 11.6. The molecular formula is C14H16BrClN2O2S. The van der Waals surface area contributed by atoms with Gasteiger partial charge in [0.05, 0.1) is 27.9 Å². The first-order valence-electron chi connectivity index (χ1n) is 6.89. The van der Waals surface area contributed by atoms with Crippen LogP contribution in [0.25, 0.3) is 11.0 Å². The van der Waals surface area contributed by atoms with Gasteiger partial charge in [-0.15, -0.1) is 11.6 Å². The molecule has 0 spiro atoms. The number of fused-ring (bicyclic) bond motifs is 1. The number of nitrogens with zero attached hydrogens (tertiary/aromatic N) is 2. The lowest BCUT2D eigenvalue weighted by atomic mass is 10.1. The van der Waals surface area contributed by atoms with Gasteiger partial charge in [-0.25, -0.2) is 13.4 Å². The Morgan fingerprint density at radius 1 is 1.38 bits per heavy atom. The molecule has 1 unspecified atom stereocenters. The van der Waals surface area contributed by atoms with Gasteiger partial charge in [0, 0.05) is 10.5 Å². The van der Waals surface area contributed by atoms with Crippen LogP contribution in [0.1, 0.15) is 37.0 Å².